The average Bonchev–Trinajstić information content (AvgIpc) is 3.44. The molecule has 0 bridgehead atoms. The molecular formula is C29H37ClN6O2S. The van der Waals surface area contributed by atoms with Gasteiger partial charge in [-0.25, -0.2) is 9.78 Å². The van der Waals surface area contributed by atoms with Gasteiger partial charge in [-0.05, 0) is 91.7 Å². The first-order valence-corrected chi connectivity index (χ1v) is 14.7. The number of nitrogens with zero attached hydrogens (tertiary/aromatic N) is 4. The minimum absolute atomic E-state index is 0.0329. The number of carbonyl (C=O) groups is 2. The highest BCUT2D eigenvalue weighted by Crippen LogP contribution is 2.23. The van der Waals surface area contributed by atoms with Crippen LogP contribution in [0.15, 0.2) is 47.4 Å². The van der Waals surface area contributed by atoms with Gasteiger partial charge in [0.1, 0.15) is 5.15 Å². The fraction of sp³-hybridized carbons (Fsp3) is 0.448. The number of amides is 3. The van der Waals surface area contributed by atoms with Crippen molar-refractivity contribution in [3.63, 3.8) is 0 Å². The van der Waals surface area contributed by atoms with Crippen LogP contribution in [-0.4, -0.2) is 63.4 Å². The number of urea groups is 1. The highest BCUT2D eigenvalue weighted by molar-refractivity contribution is 7.07. The summed E-state index contributed by atoms with van der Waals surface area (Å²) in [4.78, 5) is 38.8. The molecular weight excluding hydrogens is 532 g/mol. The molecule has 10 heteroatoms. The number of thiophene rings is 1. The van der Waals surface area contributed by atoms with Crippen molar-refractivity contribution in [1.82, 2.24) is 30.4 Å². The van der Waals surface area contributed by atoms with E-state index in [1.54, 1.807) is 29.8 Å². The Bertz CT molecular complexity index is 1210. The van der Waals surface area contributed by atoms with E-state index in [9.17, 15) is 9.59 Å². The zero-order valence-electron chi connectivity index (χ0n) is 22.8. The van der Waals surface area contributed by atoms with Gasteiger partial charge < -0.3 is 20.4 Å². The molecule has 1 atom stereocenters. The van der Waals surface area contributed by atoms with Crippen LogP contribution in [-0.2, 0) is 13.1 Å². The second-order valence-corrected chi connectivity index (χ2v) is 11.3. The van der Waals surface area contributed by atoms with Crippen molar-refractivity contribution in [3.8, 4) is 0 Å². The van der Waals surface area contributed by atoms with Gasteiger partial charge >= 0.3 is 6.03 Å². The maximum Gasteiger partial charge on any atom is 0.318 e. The van der Waals surface area contributed by atoms with Crippen molar-refractivity contribution in [2.45, 2.75) is 65.2 Å². The van der Waals surface area contributed by atoms with E-state index in [-0.39, 0.29) is 18.0 Å². The quantitative estimate of drug-likeness (QED) is 0.328. The Morgan fingerprint density at radius 3 is 2.56 bits per heavy atom. The SMILES string of the molecule is Cc1cc(Cl)nc(C)c1C(=O)NCC[C@@H](C)N1CCC(N(Cc2ccsc2)C(=O)NCc2ccncc2)CC1. The number of piperidine rings is 1. The van der Waals surface area contributed by atoms with E-state index >= 15 is 0 Å². The van der Waals surface area contributed by atoms with Gasteiger partial charge in [-0.2, -0.15) is 11.3 Å². The molecule has 1 saturated heterocycles. The first-order valence-electron chi connectivity index (χ1n) is 13.4. The minimum atomic E-state index is -0.109. The van der Waals surface area contributed by atoms with Crippen molar-refractivity contribution in [2.24, 2.45) is 0 Å². The van der Waals surface area contributed by atoms with Crippen LogP contribution in [0, 0.1) is 13.8 Å². The number of hydrogen-bond donors (Lipinski definition) is 2. The molecule has 0 aliphatic carbocycles. The van der Waals surface area contributed by atoms with Crippen molar-refractivity contribution >= 4 is 34.9 Å². The van der Waals surface area contributed by atoms with Gasteiger partial charge in [0.05, 0.1) is 11.3 Å². The summed E-state index contributed by atoms with van der Waals surface area (Å²) in [5.74, 6) is -0.109. The average molecular weight is 569 g/mol. The normalized spacial score (nSPS) is 15.1. The first-order chi connectivity index (χ1) is 18.8. The molecule has 4 heterocycles. The molecule has 1 fully saturated rings. The Kier molecular flexibility index (Phi) is 10.3. The minimum Gasteiger partial charge on any atom is -0.352 e. The summed E-state index contributed by atoms with van der Waals surface area (Å²) < 4.78 is 0. The molecule has 1 aliphatic rings. The number of nitrogens with one attached hydrogen (secondary N) is 2. The number of halogens is 1. The second kappa shape index (κ2) is 13.9. The number of pyridine rings is 2. The van der Waals surface area contributed by atoms with Crippen LogP contribution in [0.4, 0.5) is 4.79 Å². The van der Waals surface area contributed by atoms with Gasteiger partial charge in [-0.15, -0.1) is 0 Å². The lowest BCUT2D eigenvalue weighted by Gasteiger charge is -2.40. The van der Waals surface area contributed by atoms with E-state index in [1.165, 1.54) is 0 Å². The predicted molar refractivity (Wildman–Crippen MR) is 156 cm³/mol. The highest BCUT2D eigenvalue weighted by atomic mass is 35.5. The molecule has 3 aromatic heterocycles. The van der Waals surface area contributed by atoms with Crippen LogP contribution in [0.1, 0.15) is 58.9 Å². The topological polar surface area (TPSA) is 90.5 Å². The third kappa shape index (κ3) is 8.00. The second-order valence-electron chi connectivity index (χ2n) is 10.2. The molecule has 39 heavy (non-hydrogen) atoms. The molecule has 0 unspecified atom stereocenters. The lowest BCUT2D eigenvalue weighted by Crippen LogP contribution is -2.51. The number of rotatable bonds is 10. The molecule has 3 amide bonds. The molecule has 0 spiro atoms. The van der Waals surface area contributed by atoms with Crippen molar-refractivity contribution in [3.05, 3.63) is 80.5 Å². The van der Waals surface area contributed by atoms with Crippen LogP contribution in [0.2, 0.25) is 5.15 Å². The fourth-order valence-electron chi connectivity index (χ4n) is 5.16. The number of carbonyl (C=O) groups excluding carboxylic acids is 2. The summed E-state index contributed by atoms with van der Waals surface area (Å²) in [6.45, 7) is 9.39. The van der Waals surface area contributed by atoms with Crippen molar-refractivity contribution in [1.29, 1.82) is 0 Å². The van der Waals surface area contributed by atoms with E-state index < -0.39 is 0 Å². The maximum absolute atomic E-state index is 13.3. The lowest BCUT2D eigenvalue weighted by atomic mass is 10.0. The van der Waals surface area contributed by atoms with E-state index in [0.29, 0.717) is 42.1 Å². The standard InChI is InChI=1S/C29H37ClN6O2S/c1-20-16-26(30)34-22(3)27(20)28(37)32-12-4-21(2)35-13-7-25(8-14-35)36(18-24-9-15-39-19-24)29(38)33-17-23-5-10-31-11-6-23/h5-6,9-11,15-16,19,21,25H,4,7-8,12-14,17-18H2,1-3H3,(H,32,37)(H,33,38)/t21-/m1/s1. The summed E-state index contributed by atoms with van der Waals surface area (Å²) >= 11 is 7.66. The fourth-order valence-corrected chi connectivity index (χ4v) is 6.11. The van der Waals surface area contributed by atoms with Crippen LogP contribution in [0.25, 0.3) is 0 Å². The molecule has 2 N–H and O–H groups in total. The molecule has 8 nitrogen and oxygen atoms in total. The van der Waals surface area contributed by atoms with E-state index in [1.807, 2.05) is 30.9 Å². The largest absolute Gasteiger partial charge is 0.352 e. The summed E-state index contributed by atoms with van der Waals surface area (Å²) in [5, 5.41) is 10.7. The third-order valence-corrected chi connectivity index (χ3v) is 8.32. The first kappa shape index (κ1) is 29.0. The summed E-state index contributed by atoms with van der Waals surface area (Å²) in [6.07, 6.45) is 6.16. The Balaban J connectivity index is 1.27. The van der Waals surface area contributed by atoms with Crippen LogP contribution >= 0.6 is 22.9 Å². The molecule has 208 valence electrons. The Morgan fingerprint density at radius 2 is 1.90 bits per heavy atom. The molecule has 1 aliphatic heterocycles. The third-order valence-electron chi connectivity index (χ3n) is 7.39. The Hall–Kier alpha value is -3.01. The van der Waals surface area contributed by atoms with Gasteiger partial charge in [-0.3, -0.25) is 9.78 Å². The zero-order chi connectivity index (χ0) is 27.8. The molecule has 0 saturated carbocycles. The van der Waals surface area contributed by atoms with E-state index in [2.05, 4.69) is 49.3 Å². The lowest BCUT2D eigenvalue weighted by molar-refractivity contribution is 0.0903. The monoisotopic (exact) mass is 568 g/mol. The van der Waals surface area contributed by atoms with Crippen molar-refractivity contribution < 1.29 is 9.59 Å². The number of hydrogen-bond acceptors (Lipinski definition) is 6. The van der Waals surface area contributed by atoms with Gasteiger partial charge in [-0.1, -0.05) is 11.6 Å². The number of aryl methyl sites for hydroxylation is 2. The van der Waals surface area contributed by atoms with Crippen LogP contribution in [0.3, 0.4) is 0 Å². The summed E-state index contributed by atoms with van der Waals surface area (Å²) in [6, 6.07) is 8.10. The van der Waals surface area contributed by atoms with Gasteiger partial charge in [0.15, 0.2) is 0 Å². The van der Waals surface area contributed by atoms with Crippen LogP contribution < -0.4 is 10.6 Å². The molecule has 0 radical (unpaired) electrons. The molecule has 4 rings (SSSR count). The van der Waals surface area contributed by atoms with Crippen LogP contribution in [0.5, 0.6) is 0 Å². The van der Waals surface area contributed by atoms with Crippen molar-refractivity contribution in [2.75, 3.05) is 19.6 Å². The van der Waals surface area contributed by atoms with Gasteiger partial charge in [0, 0.05) is 57.2 Å². The maximum atomic E-state index is 13.3. The Labute approximate surface area is 239 Å². The van der Waals surface area contributed by atoms with Gasteiger partial charge in [0.25, 0.3) is 5.91 Å². The highest BCUT2D eigenvalue weighted by Gasteiger charge is 2.30. The smallest absolute Gasteiger partial charge is 0.318 e. The van der Waals surface area contributed by atoms with E-state index in [4.69, 9.17) is 11.6 Å². The number of likely N-dealkylation sites (tertiary alicyclic amines) is 1. The molecule has 0 aromatic carbocycles. The summed E-state index contributed by atoms with van der Waals surface area (Å²) in [7, 11) is 0. The predicted octanol–water partition coefficient (Wildman–Crippen LogP) is 5.19. The number of aromatic nitrogens is 2. The summed E-state index contributed by atoms with van der Waals surface area (Å²) in [5.41, 5.74) is 4.26. The van der Waals surface area contributed by atoms with Gasteiger partial charge in [0.2, 0.25) is 0 Å². The molecule has 3 aromatic rings. The Morgan fingerprint density at radius 1 is 1.15 bits per heavy atom. The van der Waals surface area contributed by atoms with E-state index in [0.717, 1.165) is 49.0 Å². The zero-order valence-corrected chi connectivity index (χ0v) is 24.4.